The maximum Gasteiger partial charge on any atom is 0.272 e. The van der Waals surface area contributed by atoms with Crippen LogP contribution < -0.4 is 5.32 Å². The SMILES string of the molecule is CNC(Cc1ccccc1[N+](=O)[O-])c1cccc(Cl)c1. The molecule has 0 aliphatic heterocycles. The monoisotopic (exact) mass is 290 g/mol. The Morgan fingerprint density at radius 3 is 2.65 bits per heavy atom. The van der Waals surface area contributed by atoms with Crippen molar-refractivity contribution < 1.29 is 4.92 Å². The van der Waals surface area contributed by atoms with Crippen molar-refractivity contribution in [1.82, 2.24) is 5.32 Å². The Morgan fingerprint density at radius 1 is 1.25 bits per heavy atom. The van der Waals surface area contributed by atoms with Crippen LogP contribution in [0.5, 0.6) is 0 Å². The van der Waals surface area contributed by atoms with Gasteiger partial charge in [0.05, 0.1) is 4.92 Å². The van der Waals surface area contributed by atoms with Crippen LogP contribution in [0.2, 0.25) is 5.02 Å². The van der Waals surface area contributed by atoms with Crippen LogP contribution in [0.3, 0.4) is 0 Å². The molecular formula is C15H15ClN2O2. The molecule has 104 valence electrons. The molecule has 0 amide bonds. The lowest BCUT2D eigenvalue weighted by Gasteiger charge is -2.17. The number of para-hydroxylation sites is 1. The van der Waals surface area contributed by atoms with Crippen molar-refractivity contribution in [2.45, 2.75) is 12.5 Å². The minimum atomic E-state index is -0.347. The lowest BCUT2D eigenvalue weighted by atomic mass is 9.98. The topological polar surface area (TPSA) is 55.2 Å². The average Bonchev–Trinajstić information content (AvgIpc) is 2.45. The van der Waals surface area contributed by atoms with Gasteiger partial charge in [0.15, 0.2) is 0 Å². The van der Waals surface area contributed by atoms with Gasteiger partial charge in [0.25, 0.3) is 5.69 Å². The van der Waals surface area contributed by atoms with E-state index >= 15 is 0 Å². The molecular weight excluding hydrogens is 276 g/mol. The highest BCUT2D eigenvalue weighted by Gasteiger charge is 2.17. The molecule has 0 bridgehead atoms. The van der Waals surface area contributed by atoms with Crippen molar-refractivity contribution in [2.24, 2.45) is 0 Å². The summed E-state index contributed by atoms with van der Waals surface area (Å²) in [5, 5.41) is 14.9. The van der Waals surface area contributed by atoms with Crippen molar-refractivity contribution in [2.75, 3.05) is 7.05 Å². The van der Waals surface area contributed by atoms with Crippen molar-refractivity contribution in [3.05, 3.63) is 74.8 Å². The first-order valence-corrected chi connectivity index (χ1v) is 6.64. The van der Waals surface area contributed by atoms with E-state index in [2.05, 4.69) is 5.32 Å². The van der Waals surface area contributed by atoms with Crippen molar-refractivity contribution in [3.63, 3.8) is 0 Å². The molecule has 5 heteroatoms. The molecule has 0 aliphatic carbocycles. The minimum Gasteiger partial charge on any atom is -0.313 e. The minimum absolute atomic E-state index is 0.0187. The highest BCUT2D eigenvalue weighted by atomic mass is 35.5. The fraction of sp³-hybridized carbons (Fsp3) is 0.200. The third-order valence-corrected chi connectivity index (χ3v) is 3.45. The summed E-state index contributed by atoms with van der Waals surface area (Å²) in [4.78, 5) is 10.7. The number of nitro benzene ring substituents is 1. The zero-order valence-corrected chi connectivity index (χ0v) is 11.8. The first-order chi connectivity index (χ1) is 9.61. The summed E-state index contributed by atoms with van der Waals surface area (Å²) in [7, 11) is 1.83. The van der Waals surface area contributed by atoms with Crippen LogP contribution in [-0.4, -0.2) is 12.0 Å². The molecule has 0 saturated carbocycles. The van der Waals surface area contributed by atoms with E-state index in [0.29, 0.717) is 17.0 Å². The highest BCUT2D eigenvalue weighted by molar-refractivity contribution is 6.30. The van der Waals surface area contributed by atoms with Gasteiger partial charge in [0.2, 0.25) is 0 Å². The lowest BCUT2D eigenvalue weighted by Crippen LogP contribution is -2.19. The quantitative estimate of drug-likeness (QED) is 0.674. The van der Waals surface area contributed by atoms with Gasteiger partial charge in [-0.1, -0.05) is 41.9 Å². The lowest BCUT2D eigenvalue weighted by molar-refractivity contribution is -0.385. The zero-order valence-electron chi connectivity index (χ0n) is 11.0. The molecule has 2 aromatic rings. The molecule has 1 unspecified atom stereocenters. The zero-order chi connectivity index (χ0) is 14.5. The molecule has 0 radical (unpaired) electrons. The summed E-state index contributed by atoms with van der Waals surface area (Å²) in [6, 6.07) is 14.3. The van der Waals surface area contributed by atoms with Crippen LogP contribution in [-0.2, 0) is 6.42 Å². The number of nitrogens with zero attached hydrogens (tertiary/aromatic N) is 1. The molecule has 0 aliphatic rings. The van der Waals surface area contributed by atoms with E-state index < -0.39 is 0 Å². The summed E-state index contributed by atoms with van der Waals surface area (Å²) in [5.41, 5.74) is 1.87. The average molecular weight is 291 g/mol. The molecule has 2 rings (SSSR count). The number of likely N-dealkylation sites (N-methyl/N-ethyl adjacent to an activating group) is 1. The van der Waals surface area contributed by atoms with Gasteiger partial charge in [-0.3, -0.25) is 10.1 Å². The second-order valence-corrected chi connectivity index (χ2v) is 4.92. The second kappa shape index (κ2) is 6.50. The summed E-state index contributed by atoms with van der Waals surface area (Å²) in [5.74, 6) is 0. The largest absolute Gasteiger partial charge is 0.313 e. The smallest absolute Gasteiger partial charge is 0.272 e. The maximum absolute atomic E-state index is 11.0. The van der Waals surface area contributed by atoms with Gasteiger partial charge in [-0.15, -0.1) is 0 Å². The molecule has 0 spiro atoms. The Balaban J connectivity index is 2.29. The summed E-state index contributed by atoms with van der Waals surface area (Å²) in [6.45, 7) is 0. The van der Waals surface area contributed by atoms with Crippen LogP contribution in [0.1, 0.15) is 17.2 Å². The molecule has 1 N–H and O–H groups in total. The molecule has 0 saturated heterocycles. The third kappa shape index (κ3) is 3.35. The number of nitrogens with one attached hydrogen (secondary N) is 1. The maximum atomic E-state index is 11.0. The van der Waals surface area contributed by atoms with E-state index in [1.807, 2.05) is 37.4 Å². The van der Waals surface area contributed by atoms with E-state index in [-0.39, 0.29) is 16.7 Å². The van der Waals surface area contributed by atoms with Gasteiger partial charge in [-0.05, 0) is 31.2 Å². The number of hydrogen-bond donors (Lipinski definition) is 1. The first kappa shape index (κ1) is 14.5. The Morgan fingerprint density at radius 2 is 2.00 bits per heavy atom. The number of benzene rings is 2. The van der Waals surface area contributed by atoms with Crippen LogP contribution in [0, 0.1) is 10.1 Å². The van der Waals surface area contributed by atoms with Crippen LogP contribution in [0.25, 0.3) is 0 Å². The summed E-state index contributed by atoms with van der Waals surface area (Å²) >= 11 is 5.99. The molecule has 20 heavy (non-hydrogen) atoms. The summed E-state index contributed by atoms with van der Waals surface area (Å²) < 4.78 is 0. The van der Waals surface area contributed by atoms with Crippen LogP contribution in [0.15, 0.2) is 48.5 Å². The fourth-order valence-electron chi connectivity index (χ4n) is 2.19. The van der Waals surface area contributed by atoms with E-state index in [1.165, 1.54) is 6.07 Å². The predicted molar refractivity (Wildman–Crippen MR) is 80.1 cm³/mol. The predicted octanol–water partition coefficient (Wildman–Crippen LogP) is 3.75. The van der Waals surface area contributed by atoms with Crippen molar-refractivity contribution >= 4 is 17.3 Å². The number of hydrogen-bond acceptors (Lipinski definition) is 3. The molecule has 0 fully saturated rings. The normalized spacial score (nSPS) is 12.1. The molecule has 1 atom stereocenters. The van der Waals surface area contributed by atoms with E-state index in [4.69, 9.17) is 11.6 Å². The Hall–Kier alpha value is -1.91. The number of halogens is 1. The fourth-order valence-corrected chi connectivity index (χ4v) is 2.39. The molecule has 0 heterocycles. The Kier molecular flexibility index (Phi) is 4.71. The van der Waals surface area contributed by atoms with Gasteiger partial charge < -0.3 is 5.32 Å². The van der Waals surface area contributed by atoms with Crippen LogP contribution in [0.4, 0.5) is 5.69 Å². The van der Waals surface area contributed by atoms with Gasteiger partial charge >= 0.3 is 0 Å². The number of nitro groups is 1. The van der Waals surface area contributed by atoms with Crippen molar-refractivity contribution in [3.8, 4) is 0 Å². The molecule has 0 aromatic heterocycles. The Labute approximate surface area is 122 Å². The van der Waals surface area contributed by atoms with Gasteiger partial charge in [-0.2, -0.15) is 0 Å². The van der Waals surface area contributed by atoms with Crippen LogP contribution >= 0.6 is 11.6 Å². The Bertz CT molecular complexity index is 616. The van der Waals surface area contributed by atoms with Crippen molar-refractivity contribution in [1.29, 1.82) is 0 Å². The summed E-state index contributed by atoms with van der Waals surface area (Å²) in [6.07, 6.45) is 0.536. The number of rotatable bonds is 5. The molecule has 2 aromatic carbocycles. The molecule has 4 nitrogen and oxygen atoms in total. The van der Waals surface area contributed by atoms with Gasteiger partial charge in [0.1, 0.15) is 0 Å². The van der Waals surface area contributed by atoms with E-state index in [1.54, 1.807) is 12.1 Å². The van der Waals surface area contributed by atoms with E-state index in [0.717, 1.165) is 5.56 Å². The highest BCUT2D eigenvalue weighted by Crippen LogP contribution is 2.26. The van der Waals surface area contributed by atoms with Gasteiger partial charge in [-0.25, -0.2) is 0 Å². The standard InChI is InChI=1S/C15H15ClN2O2/c1-17-14(11-6-4-7-13(16)9-11)10-12-5-2-3-8-15(12)18(19)20/h2-9,14,17H,10H2,1H3. The van der Waals surface area contributed by atoms with E-state index in [9.17, 15) is 10.1 Å². The second-order valence-electron chi connectivity index (χ2n) is 4.49. The third-order valence-electron chi connectivity index (χ3n) is 3.21. The van der Waals surface area contributed by atoms with Gasteiger partial charge in [0, 0.05) is 22.7 Å². The first-order valence-electron chi connectivity index (χ1n) is 6.27.